The Hall–Kier alpha value is -0.980. The zero-order valence-electron chi connectivity index (χ0n) is 13.9. The van der Waals surface area contributed by atoms with Gasteiger partial charge in [-0.05, 0) is 48.8 Å². The van der Waals surface area contributed by atoms with Crippen molar-refractivity contribution in [2.24, 2.45) is 0 Å². The molecular weight excluding hydrogens is 232 g/mol. The zero-order valence-corrected chi connectivity index (χ0v) is 13.9. The van der Waals surface area contributed by atoms with Gasteiger partial charge in [0.15, 0.2) is 0 Å². The monoisotopic (exact) mass is 262 g/mol. The van der Waals surface area contributed by atoms with Gasteiger partial charge in [0.2, 0.25) is 0 Å². The summed E-state index contributed by atoms with van der Waals surface area (Å²) in [5.74, 6) is 2.65. The fourth-order valence-corrected chi connectivity index (χ4v) is 2.73. The Balaban J connectivity index is 3.49. The van der Waals surface area contributed by atoms with Gasteiger partial charge in [-0.25, -0.2) is 0 Å². The fraction of sp³-hybridized carbons (Fsp3) is 0.667. The second-order valence-corrected chi connectivity index (χ2v) is 6.61. The molecule has 1 rings (SSSR count). The molecule has 0 aromatic heterocycles. The van der Waals surface area contributed by atoms with Gasteiger partial charge in [-0.15, -0.1) is 0 Å². The third-order valence-corrected chi connectivity index (χ3v) is 3.42. The summed E-state index contributed by atoms with van der Waals surface area (Å²) in [5.41, 5.74) is 4.35. The van der Waals surface area contributed by atoms with Gasteiger partial charge in [0.1, 0.15) is 5.75 Å². The topological polar surface area (TPSA) is 9.23 Å². The highest BCUT2D eigenvalue weighted by atomic mass is 16.5. The summed E-state index contributed by atoms with van der Waals surface area (Å²) in [6.45, 7) is 17.8. The molecule has 1 aromatic carbocycles. The van der Waals surface area contributed by atoms with Gasteiger partial charge in [0.25, 0.3) is 0 Å². The minimum atomic E-state index is 0.224. The van der Waals surface area contributed by atoms with Gasteiger partial charge in [0.05, 0.1) is 6.10 Å². The van der Waals surface area contributed by atoms with Crippen LogP contribution in [0, 0.1) is 0 Å². The molecule has 0 amide bonds. The molecule has 0 saturated carbocycles. The Kier molecular flexibility index (Phi) is 5.46. The van der Waals surface area contributed by atoms with E-state index in [4.69, 9.17) is 4.74 Å². The molecule has 0 N–H and O–H groups in total. The van der Waals surface area contributed by atoms with E-state index in [0.29, 0.717) is 17.8 Å². The lowest BCUT2D eigenvalue weighted by Gasteiger charge is -2.26. The molecule has 108 valence electrons. The van der Waals surface area contributed by atoms with Crippen LogP contribution in [0.15, 0.2) is 12.1 Å². The predicted molar refractivity (Wildman–Crippen MR) is 84.5 cm³/mol. The first-order chi connectivity index (χ1) is 8.75. The first-order valence-electron chi connectivity index (χ1n) is 7.59. The van der Waals surface area contributed by atoms with E-state index < -0.39 is 0 Å². The largest absolute Gasteiger partial charge is 0.491 e. The van der Waals surface area contributed by atoms with Gasteiger partial charge in [-0.1, -0.05) is 47.6 Å². The summed E-state index contributed by atoms with van der Waals surface area (Å²) in [6.07, 6.45) is 0.224. The highest BCUT2D eigenvalue weighted by Gasteiger charge is 2.21. The molecule has 0 radical (unpaired) electrons. The molecule has 0 bridgehead atoms. The van der Waals surface area contributed by atoms with Crippen molar-refractivity contribution in [1.29, 1.82) is 0 Å². The van der Waals surface area contributed by atoms with Crippen LogP contribution in [0.25, 0.3) is 0 Å². The molecule has 0 heterocycles. The first kappa shape index (κ1) is 16.1. The van der Waals surface area contributed by atoms with Crippen molar-refractivity contribution in [3.63, 3.8) is 0 Å². The van der Waals surface area contributed by atoms with Crippen LogP contribution in [0.5, 0.6) is 5.75 Å². The molecule has 0 saturated heterocycles. The fourth-order valence-electron chi connectivity index (χ4n) is 2.73. The predicted octanol–water partition coefficient (Wildman–Crippen LogP) is 5.84. The molecule has 0 aliphatic rings. The highest BCUT2D eigenvalue weighted by molar-refractivity contribution is 5.49. The third-order valence-electron chi connectivity index (χ3n) is 3.42. The SMILES string of the molecule is CC(C)Oc1ccc(C(C)C)c(C(C)C)c1C(C)C. The van der Waals surface area contributed by atoms with Crippen molar-refractivity contribution in [2.75, 3.05) is 0 Å². The Bertz CT molecular complexity index is 414. The van der Waals surface area contributed by atoms with E-state index in [9.17, 15) is 0 Å². The Morgan fingerprint density at radius 3 is 1.58 bits per heavy atom. The second kappa shape index (κ2) is 6.45. The normalized spacial score (nSPS) is 12.0. The van der Waals surface area contributed by atoms with Gasteiger partial charge in [0, 0.05) is 5.56 Å². The molecule has 0 atom stereocenters. The quantitative estimate of drug-likeness (QED) is 0.647. The number of hydrogen-bond donors (Lipinski definition) is 0. The molecule has 1 heteroatoms. The van der Waals surface area contributed by atoms with Gasteiger partial charge in [-0.2, -0.15) is 0 Å². The van der Waals surface area contributed by atoms with Crippen molar-refractivity contribution in [3.8, 4) is 5.75 Å². The van der Waals surface area contributed by atoms with E-state index >= 15 is 0 Å². The van der Waals surface area contributed by atoms with Crippen LogP contribution in [0.2, 0.25) is 0 Å². The summed E-state index contributed by atoms with van der Waals surface area (Å²) in [5, 5.41) is 0. The summed E-state index contributed by atoms with van der Waals surface area (Å²) >= 11 is 0. The lowest BCUT2D eigenvalue weighted by Crippen LogP contribution is -2.12. The average molecular weight is 262 g/mol. The maximum absolute atomic E-state index is 6.03. The van der Waals surface area contributed by atoms with E-state index in [1.165, 1.54) is 16.7 Å². The molecule has 0 aliphatic heterocycles. The minimum absolute atomic E-state index is 0.224. The standard InChI is InChI=1S/C18H30O/c1-11(2)15-9-10-16(19-14(7)8)18(13(5)6)17(15)12(3)4/h9-14H,1-8H3. The van der Waals surface area contributed by atoms with Crippen LogP contribution >= 0.6 is 0 Å². The Morgan fingerprint density at radius 2 is 1.21 bits per heavy atom. The van der Waals surface area contributed by atoms with E-state index in [1.807, 2.05) is 0 Å². The van der Waals surface area contributed by atoms with Crippen LogP contribution in [-0.4, -0.2) is 6.10 Å². The molecule has 0 unspecified atom stereocenters. The molecule has 0 fully saturated rings. The highest BCUT2D eigenvalue weighted by Crippen LogP contribution is 2.39. The molecule has 19 heavy (non-hydrogen) atoms. The first-order valence-corrected chi connectivity index (χ1v) is 7.59. The van der Waals surface area contributed by atoms with E-state index in [1.54, 1.807) is 0 Å². The average Bonchev–Trinajstić information content (AvgIpc) is 2.26. The second-order valence-electron chi connectivity index (χ2n) is 6.61. The van der Waals surface area contributed by atoms with E-state index in [0.717, 1.165) is 5.75 Å². The van der Waals surface area contributed by atoms with Crippen LogP contribution in [0.4, 0.5) is 0 Å². The van der Waals surface area contributed by atoms with Crippen molar-refractivity contribution < 1.29 is 4.74 Å². The molecular formula is C18H30O. The van der Waals surface area contributed by atoms with Crippen molar-refractivity contribution >= 4 is 0 Å². The van der Waals surface area contributed by atoms with Crippen LogP contribution in [-0.2, 0) is 0 Å². The van der Waals surface area contributed by atoms with Crippen molar-refractivity contribution in [1.82, 2.24) is 0 Å². The van der Waals surface area contributed by atoms with Crippen LogP contribution in [0.1, 0.15) is 89.8 Å². The summed E-state index contributed by atoms with van der Waals surface area (Å²) in [4.78, 5) is 0. The molecule has 0 aliphatic carbocycles. The van der Waals surface area contributed by atoms with E-state index in [2.05, 4.69) is 67.5 Å². The Labute approximate surface area is 119 Å². The minimum Gasteiger partial charge on any atom is -0.491 e. The third kappa shape index (κ3) is 3.75. The number of hydrogen-bond acceptors (Lipinski definition) is 1. The smallest absolute Gasteiger partial charge is 0.123 e. The summed E-state index contributed by atoms with van der Waals surface area (Å²) in [6, 6.07) is 4.42. The summed E-state index contributed by atoms with van der Waals surface area (Å²) in [7, 11) is 0. The zero-order chi connectivity index (χ0) is 14.7. The maximum Gasteiger partial charge on any atom is 0.123 e. The number of ether oxygens (including phenoxy) is 1. The van der Waals surface area contributed by atoms with E-state index in [-0.39, 0.29) is 6.10 Å². The lowest BCUT2D eigenvalue weighted by molar-refractivity contribution is 0.238. The van der Waals surface area contributed by atoms with Crippen LogP contribution < -0.4 is 4.74 Å². The molecule has 1 aromatic rings. The number of benzene rings is 1. The molecule has 1 nitrogen and oxygen atoms in total. The maximum atomic E-state index is 6.03. The van der Waals surface area contributed by atoms with Crippen molar-refractivity contribution in [3.05, 3.63) is 28.8 Å². The Morgan fingerprint density at radius 1 is 0.684 bits per heavy atom. The summed E-state index contributed by atoms with van der Waals surface area (Å²) < 4.78 is 6.03. The van der Waals surface area contributed by atoms with Gasteiger partial charge < -0.3 is 4.74 Å². The number of rotatable bonds is 5. The lowest BCUT2D eigenvalue weighted by atomic mass is 9.83. The van der Waals surface area contributed by atoms with Crippen LogP contribution in [0.3, 0.4) is 0 Å². The van der Waals surface area contributed by atoms with Crippen molar-refractivity contribution in [2.45, 2.75) is 79.2 Å². The van der Waals surface area contributed by atoms with Gasteiger partial charge >= 0.3 is 0 Å². The molecule has 0 spiro atoms. The van der Waals surface area contributed by atoms with Gasteiger partial charge in [-0.3, -0.25) is 0 Å².